The van der Waals surface area contributed by atoms with Crippen LogP contribution in [-0.2, 0) is 16.3 Å². The van der Waals surface area contributed by atoms with E-state index in [-0.39, 0.29) is 23.5 Å². The number of benzene rings is 2. The Kier molecular flexibility index (Phi) is 3.97. The largest absolute Gasteiger partial charge is 0.271 e. The topological polar surface area (TPSA) is 72.2 Å². The molecule has 3 rings (SSSR count). The molecule has 0 saturated carbocycles. The predicted molar refractivity (Wildman–Crippen MR) is 85.5 cm³/mol. The van der Waals surface area contributed by atoms with Gasteiger partial charge in [-0.1, -0.05) is 42.5 Å². The molecule has 2 unspecified atom stereocenters. The van der Waals surface area contributed by atoms with Gasteiger partial charge < -0.3 is 0 Å². The van der Waals surface area contributed by atoms with E-state index in [4.69, 9.17) is 5.84 Å². The van der Waals surface area contributed by atoms with Crippen molar-refractivity contribution in [3.8, 4) is 0 Å². The van der Waals surface area contributed by atoms with E-state index in [1.165, 1.54) is 16.3 Å². The van der Waals surface area contributed by atoms with Crippen molar-refractivity contribution in [2.75, 3.05) is 11.5 Å². The van der Waals surface area contributed by atoms with Crippen molar-refractivity contribution in [1.82, 2.24) is 5.43 Å². The summed E-state index contributed by atoms with van der Waals surface area (Å²) in [5.41, 5.74) is 4.04. The second-order valence-corrected chi connectivity index (χ2v) is 8.01. The minimum atomic E-state index is -2.88. The van der Waals surface area contributed by atoms with Crippen LogP contribution in [0.25, 0.3) is 10.8 Å². The smallest absolute Gasteiger partial charge is 0.150 e. The zero-order valence-electron chi connectivity index (χ0n) is 11.8. The van der Waals surface area contributed by atoms with E-state index >= 15 is 0 Å². The maximum atomic E-state index is 11.7. The lowest BCUT2D eigenvalue weighted by atomic mass is 9.91. The Bertz CT molecular complexity index is 738. The van der Waals surface area contributed by atoms with E-state index in [2.05, 4.69) is 29.7 Å². The van der Waals surface area contributed by atoms with Crippen molar-refractivity contribution in [3.63, 3.8) is 0 Å². The molecule has 2 aromatic rings. The van der Waals surface area contributed by atoms with Gasteiger partial charge in [0.2, 0.25) is 0 Å². The third-order valence-corrected chi connectivity index (χ3v) is 6.16. The number of hydrogen-bond donors (Lipinski definition) is 2. The van der Waals surface area contributed by atoms with Crippen LogP contribution in [0.4, 0.5) is 0 Å². The third kappa shape index (κ3) is 3.10. The Balaban J connectivity index is 1.86. The first kappa shape index (κ1) is 14.5. The fourth-order valence-corrected chi connectivity index (χ4v) is 5.09. The molecule has 0 radical (unpaired) electrons. The Morgan fingerprint density at radius 3 is 2.67 bits per heavy atom. The first-order valence-corrected chi connectivity index (χ1v) is 9.04. The van der Waals surface area contributed by atoms with Gasteiger partial charge in [0.15, 0.2) is 9.84 Å². The second kappa shape index (κ2) is 5.75. The van der Waals surface area contributed by atoms with E-state index in [1.807, 2.05) is 18.2 Å². The van der Waals surface area contributed by atoms with Gasteiger partial charge in [-0.05, 0) is 35.1 Å². The molecule has 0 amide bonds. The molecular weight excluding hydrogens is 284 g/mol. The van der Waals surface area contributed by atoms with Crippen molar-refractivity contribution < 1.29 is 8.42 Å². The van der Waals surface area contributed by atoms with Crippen LogP contribution >= 0.6 is 0 Å². The minimum absolute atomic E-state index is 0.00641. The quantitative estimate of drug-likeness (QED) is 0.665. The van der Waals surface area contributed by atoms with Crippen LogP contribution < -0.4 is 11.3 Å². The van der Waals surface area contributed by atoms with Crippen LogP contribution in [0.2, 0.25) is 0 Å². The molecule has 2 atom stereocenters. The normalized spacial score (nSPS) is 22.4. The minimum Gasteiger partial charge on any atom is -0.271 e. The zero-order chi connectivity index (χ0) is 14.9. The lowest BCUT2D eigenvalue weighted by Crippen LogP contribution is -2.43. The fourth-order valence-electron chi connectivity index (χ4n) is 3.21. The number of nitrogens with one attached hydrogen (secondary N) is 1. The SMILES string of the molecule is NNC(Cc1cccc2ccccc12)C1CCS(=O)(=O)C1. The Morgan fingerprint density at radius 1 is 1.19 bits per heavy atom. The van der Waals surface area contributed by atoms with Gasteiger partial charge in [-0.2, -0.15) is 0 Å². The van der Waals surface area contributed by atoms with Crippen molar-refractivity contribution in [1.29, 1.82) is 0 Å². The molecule has 0 aliphatic carbocycles. The summed E-state index contributed by atoms with van der Waals surface area (Å²) in [5, 5.41) is 2.41. The average Bonchev–Trinajstić information content (AvgIpc) is 2.85. The third-order valence-electron chi connectivity index (χ3n) is 4.37. The number of sulfone groups is 1. The standard InChI is InChI=1S/C16H20N2O2S/c17-18-16(14-8-9-21(19,20)11-14)10-13-6-3-5-12-4-1-2-7-15(12)13/h1-7,14,16,18H,8-11,17H2. The van der Waals surface area contributed by atoms with Crippen molar-refractivity contribution in [2.24, 2.45) is 11.8 Å². The number of rotatable bonds is 4. The number of nitrogens with two attached hydrogens (primary N) is 1. The van der Waals surface area contributed by atoms with Crippen LogP contribution in [0.3, 0.4) is 0 Å². The Hall–Kier alpha value is -1.43. The highest BCUT2D eigenvalue weighted by molar-refractivity contribution is 7.91. The van der Waals surface area contributed by atoms with Gasteiger partial charge in [-0.3, -0.25) is 11.3 Å². The van der Waals surface area contributed by atoms with Crippen LogP contribution in [0.1, 0.15) is 12.0 Å². The van der Waals surface area contributed by atoms with Crippen LogP contribution in [0, 0.1) is 5.92 Å². The monoisotopic (exact) mass is 304 g/mol. The maximum Gasteiger partial charge on any atom is 0.150 e. The Labute approximate surface area is 125 Å². The summed E-state index contributed by atoms with van der Waals surface area (Å²) in [6.07, 6.45) is 1.44. The molecule has 0 aromatic heterocycles. The van der Waals surface area contributed by atoms with Gasteiger partial charge in [0.25, 0.3) is 0 Å². The molecule has 21 heavy (non-hydrogen) atoms. The van der Waals surface area contributed by atoms with Crippen LogP contribution in [0.5, 0.6) is 0 Å². The highest BCUT2D eigenvalue weighted by atomic mass is 32.2. The summed E-state index contributed by atoms with van der Waals surface area (Å²) in [6, 6.07) is 14.4. The molecule has 2 aromatic carbocycles. The van der Waals surface area contributed by atoms with Gasteiger partial charge in [0.1, 0.15) is 0 Å². The molecule has 4 nitrogen and oxygen atoms in total. The van der Waals surface area contributed by atoms with Gasteiger partial charge in [0, 0.05) is 6.04 Å². The Morgan fingerprint density at radius 2 is 1.95 bits per heavy atom. The van der Waals surface area contributed by atoms with Gasteiger partial charge in [-0.25, -0.2) is 8.42 Å². The van der Waals surface area contributed by atoms with Crippen molar-refractivity contribution in [3.05, 3.63) is 48.0 Å². The lowest BCUT2D eigenvalue weighted by molar-refractivity contribution is 0.386. The van der Waals surface area contributed by atoms with E-state index in [1.54, 1.807) is 0 Å². The number of fused-ring (bicyclic) bond motifs is 1. The average molecular weight is 304 g/mol. The zero-order valence-corrected chi connectivity index (χ0v) is 12.6. The molecule has 1 aliphatic heterocycles. The number of hydrazine groups is 1. The molecule has 112 valence electrons. The van der Waals surface area contributed by atoms with E-state index < -0.39 is 9.84 Å². The predicted octanol–water partition coefficient (Wildman–Crippen LogP) is 1.65. The fraction of sp³-hybridized carbons (Fsp3) is 0.375. The lowest BCUT2D eigenvalue weighted by Gasteiger charge is -2.22. The molecule has 0 spiro atoms. The summed E-state index contributed by atoms with van der Waals surface area (Å²) >= 11 is 0. The summed E-state index contributed by atoms with van der Waals surface area (Å²) in [7, 11) is -2.88. The first-order valence-electron chi connectivity index (χ1n) is 7.22. The molecule has 5 heteroatoms. The molecule has 1 heterocycles. The maximum absolute atomic E-state index is 11.7. The molecule has 1 aliphatic rings. The van der Waals surface area contributed by atoms with E-state index in [0.29, 0.717) is 6.42 Å². The molecule has 1 fully saturated rings. The van der Waals surface area contributed by atoms with Crippen molar-refractivity contribution in [2.45, 2.75) is 18.9 Å². The highest BCUT2D eigenvalue weighted by Crippen LogP contribution is 2.26. The van der Waals surface area contributed by atoms with E-state index in [0.717, 1.165) is 6.42 Å². The van der Waals surface area contributed by atoms with Gasteiger partial charge in [0.05, 0.1) is 11.5 Å². The molecule has 1 saturated heterocycles. The van der Waals surface area contributed by atoms with Crippen LogP contribution in [-0.4, -0.2) is 26.0 Å². The molecular formula is C16H20N2O2S. The summed E-state index contributed by atoms with van der Waals surface area (Å²) in [5.74, 6) is 6.31. The summed E-state index contributed by atoms with van der Waals surface area (Å²) in [6.45, 7) is 0. The van der Waals surface area contributed by atoms with Gasteiger partial charge in [-0.15, -0.1) is 0 Å². The summed E-state index contributed by atoms with van der Waals surface area (Å²) < 4.78 is 23.3. The molecule has 3 N–H and O–H groups in total. The number of hydrogen-bond acceptors (Lipinski definition) is 4. The molecule has 0 bridgehead atoms. The highest BCUT2D eigenvalue weighted by Gasteiger charge is 2.33. The van der Waals surface area contributed by atoms with E-state index in [9.17, 15) is 8.42 Å². The first-order chi connectivity index (χ1) is 10.1. The second-order valence-electron chi connectivity index (χ2n) is 5.78. The van der Waals surface area contributed by atoms with Gasteiger partial charge >= 0.3 is 0 Å². The summed E-state index contributed by atoms with van der Waals surface area (Å²) in [4.78, 5) is 0. The van der Waals surface area contributed by atoms with Crippen LogP contribution in [0.15, 0.2) is 42.5 Å². The van der Waals surface area contributed by atoms with Crippen molar-refractivity contribution >= 4 is 20.6 Å².